The van der Waals surface area contributed by atoms with Gasteiger partial charge in [-0.25, -0.2) is 4.98 Å². The maximum Gasteiger partial charge on any atom is 0.262 e. The van der Waals surface area contributed by atoms with Crippen LogP contribution >= 0.6 is 11.8 Å². The highest BCUT2D eigenvalue weighted by molar-refractivity contribution is 7.98. The number of nitrogens with zero attached hydrogens (tertiary/aromatic N) is 2. The zero-order valence-electron chi connectivity index (χ0n) is 19.5. The summed E-state index contributed by atoms with van der Waals surface area (Å²) in [6.07, 6.45) is 0. The summed E-state index contributed by atoms with van der Waals surface area (Å²) < 4.78 is 1.82. The lowest BCUT2D eigenvalue weighted by molar-refractivity contribution is 0.589. The number of hydrogen-bond donors (Lipinski definition) is 0. The van der Waals surface area contributed by atoms with E-state index in [2.05, 4.69) is 58.9 Å². The van der Waals surface area contributed by atoms with Gasteiger partial charge in [-0.05, 0) is 59.2 Å². The molecule has 0 amide bonds. The van der Waals surface area contributed by atoms with Crippen LogP contribution in [0.5, 0.6) is 0 Å². The van der Waals surface area contributed by atoms with Gasteiger partial charge in [0.1, 0.15) is 0 Å². The van der Waals surface area contributed by atoms with Crippen LogP contribution in [0, 0.1) is 13.8 Å². The fourth-order valence-electron chi connectivity index (χ4n) is 3.95. The zero-order valence-corrected chi connectivity index (χ0v) is 20.3. The zero-order chi connectivity index (χ0) is 22.9. The third-order valence-corrected chi connectivity index (χ3v) is 6.92. The second-order valence-corrected chi connectivity index (χ2v) is 10.4. The molecular formula is C28H30N2OS. The smallest absolute Gasteiger partial charge is 0.262 e. The predicted octanol–water partition coefficient (Wildman–Crippen LogP) is 6.65. The normalized spacial score (nSPS) is 11.8. The Kier molecular flexibility index (Phi) is 6.25. The third-order valence-electron chi connectivity index (χ3n) is 5.92. The van der Waals surface area contributed by atoms with Crippen molar-refractivity contribution in [1.82, 2.24) is 9.55 Å². The van der Waals surface area contributed by atoms with Crippen LogP contribution in [-0.4, -0.2) is 9.55 Å². The Morgan fingerprint density at radius 1 is 0.906 bits per heavy atom. The van der Waals surface area contributed by atoms with Crippen LogP contribution in [0.25, 0.3) is 10.9 Å². The van der Waals surface area contributed by atoms with Gasteiger partial charge in [-0.3, -0.25) is 9.36 Å². The molecule has 0 aliphatic heterocycles. The molecule has 1 heterocycles. The topological polar surface area (TPSA) is 34.9 Å². The number of para-hydroxylation sites is 1. The molecule has 4 aromatic rings. The highest BCUT2D eigenvalue weighted by Crippen LogP contribution is 2.31. The van der Waals surface area contributed by atoms with E-state index in [0.717, 1.165) is 22.0 Å². The van der Waals surface area contributed by atoms with Crippen LogP contribution in [0.4, 0.5) is 0 Å². The first-order valence-corrected chi connectivity index (χ1v) is 12.0. The lowest BCUT2D eigenvalue weighted by Gasteiger charge is -2.22. The average molecular weight is 443 g/mol. The molecule has 0 atom stereocenters. The first kappa shape index (κ1) is 22.3. The summed E-state index contributed by atoms with van der Waals surface area (Å²) >= 11 is 1.64. The minimum Gasteiger partial charge on any atom is -0.283 e. The molecule has 164 valence electrons. The van der Waals surface area contributed by atoms with E-state index in [0.29, 0.717) is 11.9 Å². The molecule has 0 unspecified atom stereocenters. The van der Waals surface area contributed by atoms with Gasteiger partial charge < -0.3 is 0 Å². The fourth-order valence-corrected chi connectivity index (χ4v) is 5.15. The molecule has 32 heavy (non-hydrogen) atoms. The minimum absolute atomic E-state index is 0.0125. The van der Waals surface area contributed by atoms with Crippen molar-refractivity contribution >= 4 is 22.7 Å². The van der Waals surface area contributed by atoms with Crippen LogP contribution < -0.4 is 5.56 Å². The Hall–Kier alpha value is -2.85. The van der Waals surface area contributed by atoms with Gasteiger partial charge in [0.25, 0.3) is 5.56 Å². The van der Waals surface area contributed by atoms with Gasteiger partial charge >= 0.3 is 0 Å². The Labute approximate surface area is 194 Å². The third kappa shape index (κ3) is 4.66. The molecule has 0 saturated carbocycles. The van der Waals surface area contributed by atoms with Gasteiger partial charge in [0.05, 0.1) is 17.4 Å². The van der Waals surface area contributed by atoms with E-state index in [1.54, 1.807) is 11.8 Å². The lowest BCUT2D eigenvalue weighted by atomic mass is 9.84. The van der Waals surface area contributed by atoms with Crippen molar-refractivity contribution in [1.29, 1.82) is 0 Å². The molecule has 3 nitrogen and oxygen atoms in total. The highest BCUT2D eigenvalue weighted by atomic mass is 32.2. The maximum atomic E-state index is 13.4. The first-order chi connectivity index (χ1) is 15.2. The molecule has 0 spiro atoms. The Morgan fingerprint density at radius 2 is 1.53 bits per heavy atom. The highest BCUT2D eigenvalue weighted by Gasteiger charge is 2.18. The molecule has 0 radical (unpaired) electrons. The van der Waals surface area contributed by atoms with Crippen molar-refractivity contribution in [3.63, 3.8) is 0 Å². The van der Waals surface area contributed by atoms with Gasteiger partial charge in [0.2, 0.25) is 0 Å². The molecule has 1 aromatic heterocycles. The Morgan fingerprint density at radius 3 is 2.19 bits per heavy atom. The molecule has 0 aliphatic carbocycles. The van der Waals surface area contributed by atoms with Gasteiger partial charge in [0.15, 0.2) is 5.16 Å². The number of rotatable bonds is 5. The number of aryl methyl sites for hydroxylation is 2. The van der Waals surface area contributed by atoms with E-state index in [-0.39, 0.29) is 11.0 Å². The number of fused-ring (bicyclic) bond motifs is 1. The van der Waals surface area contributed by atoms with Crippen molar-refractivity contribution in [3.8, 4) is 0 Å². The summed E-state index contributed by atoms with van der Waals surface area (Å²) in [5.41, 5.74) is 7.23. The molecule has 0 N–H and O–H groups in total. The van der Waals surface area contributed by atoms with E-state index in [4.69, 9.17) is 4.98 Å². The van der Waals surface area contributed by atoms with Crippen molar-refractivity contribution in [2.75, 3.05) is 0 Å². The summed E-state index contributed by atoms with van der Waals surface area (Å²) in [6, 6.07) is 22.3. The van der Waals surface area contributed by atoms with Crippen LogP contribution in [0.3, 0.4) is 0 Å². The second-order valence-electron chi connectivity index (χ2n) is 9.42. The van der Waals surface area contributed by atoms with Crippen LogP contribution in [0.2, 0.25) is 0 Å². The standard InChI is InChI=1S/C28H30N2OS/c1-19-15-22(28(3,4)5)16-20(2)24(19)18-32-27-29-25-14-10-9-13-23(25)26(31)30(27)17-21-11-7-6-8-12-21/h6-16H,17-18H2,1-5H3. The van der Waals surface area contributed by atoms with Crippen molar-refractivity contribution < 1.29 is 0 Å². The van der Waals surface area contributed by atoms with Crippen LogP contribution in [-0.2, 0) is 17.7 Å². The minimum atomic E-state index is 0.0125. The summed E-state index contributed by atoms with van der Waals surface area (Å²) in [4.78, 5) is 18.3. The number of hydrogen-bond acceptors (Lipinski definition) is 3. The molecular weight excluding hydrogens is 412 g/mol. The van der Waals surface area contributed by atoms with Crippen molar-refractivity contribution in [3.05, 3.63) is 105 Å². The first-order valence-electron chi connectivity index (χ1n) is 11.0. The van der Waals surface area contributed by atoms with Crippen molar-refractivity contribution in [2.45, 2.75) is 57.5 Å². The summed E-state index contributed by atoms with van der Waals surface area (Å²) in [7, 11) is 0. The average Bonchev–Trinajstić information content (AvgIpc) is 2.75. The maximum absolute atomic E-state index is 13.4. The van der Waals surface area contributed by atoms with Gasteiger partial charge in [0, 0.05) is 5.75 Å². The predicted molar refractivity (Wildman–Crippen MR) is 136 cm³/mol. The van der Waals surface area contributed by atoms with Gasteiger partial charge in [-0.2, -0.15) is 0 Å². The van der Waals surface area contributed by atoms with Crippen LogP contribution in [0.15, 0.2) is 76.7 Å². The SMILES string of the molecule is Cc1cc(C(C)(C)C)cc(C)c1CSc1nc2ccccc2c(=O)n1Cc1ccccc1. The van der Waals surface area contributed by atoms with E-state index in [1.165, 1.54) is 22.3 Å². The Bertz CT molecular complexity index is 1290. The van der Waals surface area contributed by atoms with E-state index in [9.17, 15) is 4.79 Å². The molecule has 3 aromatic carbocycles. The molecule has 0 fully saturated rings. The quantitative estimate of drug-likeness (QED) is 0.256. The van der Waals surface area contributed by atoms with Crippen molar-refractivity contribution in [2.24, 2.45) is 0 Å². The molecule has 0 bridgehead atoms. The van der Waals surface area contributed by atoms with Gasteiger partial charge in [-0.15, -0.1) is 0 Å². The number of thioether (sulfide) groups is 1. The van der Waals surface area contributed by atoms with E-state index < -0.39 is 0 Å². The number of aromatic nitrogens is 2. The lowest BCUT2D eigenvalue weighted by Crippen LogP contribution is -2.24. The summed E-state index contributed by atoms with van der Waals surface area (Å²) in [6.45, 7) is 11.6. The molecule has 0 saturated heterocycles. The summed E-state index contributed by atoms with van der Waals surface area (Å²) in [5.74, 6) is 0.779. The van der Waals surface area contributed by atoms with E-state index in [1.807, 2.05) is 47.0 Å². The fraction of sp³-hybridized carbons (Fsp3) is 0.286. The molecule has 4 rings (SSSR count). The molecule has 4 heteroatoms. The van der Waals surface area contributed by atoms with E-state index >= 15 is 0 Å². The largest absolute Gasteiger partial charge is 0.283 e. The van der Waals surface area contributed by atoms with Crippen LogP contribution in [0.1, 0.15) is 48.6 Å². The molecule has 0 aliphatic rings. The monoisotopic (exact) mass is 442 g/mol. The summed E-state index contributed by atoms with van der Waals surface area (Å²) in [5, 5.41) is 1.42. The number of benzene rings is 3. The van der Waals surface area contributed by atoms with Gasteiger partial charge in [-0.1, -0.05) is 87.1 Å². The Balaban J connectivity index is 1.73. The second kappa shape index (κ2) is 8.95.